The summed E-state index contributed by atoms with van der Waals surface area (Å²) >= 11 is 5.52. The Hall–Kier alpha value is -2.74. The van der Waals surface area contributed by atoms with Crippen LogP contribution in [0.15, 0.2) is 42.5 Å². The molecule has 144 valence electrons. The van der Waals surface area contributed by atoms with E-state index in [1.54, 1.807) is 31.2 Å². The molecular weight excluding hydrogens is 385 g/mol. The molecule has 0 aliphatic heterocycles. The molecule has 0 aliphatic carbocycles. The van der Waals surface area contributed by atoms with Crippen LogP contribution in [-0.2, 0) is 15.8 Å². The molecule has 0 saturated carbocycles. The zero-order valence-corrected chi connectivity index (χ0v) is 15.1. The van der Waals surface area contributed by atoms with Gasteiger partial charge in [-0.25, -0.2) is 0 Å². The number of alkyl halides is 3. The van der Waals surface area contributed by atoms with Crippen LogP contribution in [0.4, 0.5) is 18.9 Å². The van der Waals surface area contributed by atoms with Crippen LogP contribution in [0.2, 0.25) is 5.02 Å². The quantitative estimate of drug-likeness (QED) is 0.756. The SMILES string of the molecule is COc1ccc(C(C)NC(=O)C(=O)Nc2ccc(Cl)c(C(F)(F)F)c2)cc1. The van der Waals surface area contributed by atoms with Crippen LogP contribution in [-0.4, -0.2) is 18.9 Å². The number of hydrogen-bond donors (Lipinski definition) is 2. The molecule has 2 rings (SSSR count). The number of methoxy groups -OCH3 is 1. The zero-order chi connectivity index (χ0) is 20.2. The highest BCUT2D eigenvalue weighted by Gasteiger charge is 2.33. The molecule has 0 aliphatic rings. The molecule has 2 aromatic rings. The molecule has 0 radical (unpaired) electrons. The monoisotopic (exact) mass is 400 g/mol. The van der Waals surface area contributed by atoms with Gasteiger partial charge < -0.3 is 15.4 Å². The van der Waals surface area contributed by atoms with Crippen molar-refractivity contribution in [2.24, 2.45) is 0 Å². The van der Waals surface area contributed by atoms with E-state index in [9.17, 15) is 22.8 Å². The molecule has 0 bridgehead atoms. The van der Waals surface area contributed by atoms with Crippen LogP contribution in [0.5, 0.6) is 5.75 Å². The minimum Gasteiger partial charge on any atom is -0.497 e. The number of halogens is 4. The van der Waals surface area contributed by atoms with E-state index in [4.69, 9.17) is 16.3 Å². The largest absolute Gasteiger partial charge is 0.497 e. The second-order valence-corrected chi connectivity index (χ2v) is 6.02. The van der Waals surface area contributed by atoms with Crippen LogP contribution in [0.3, 0.4) is 0 Å². The molecule has 0 aromatic heterocycles. The molecule has 0 fully saturated rings. The van der Waals surface area contributed by atoms with E-state index in [1.165, 1.54) is 13.2 Å². The number of amides is 2. The maximum absolute atomic E-state index is 12.9. The Labute approximate surface area is 158 Å². The van der Waals surface area contributed by atoms with Gasteiger partial charge in [0.15, 0.2) is 0 Å². The summed E-state index contributed by atoms with van der Waals surface area (Å²) in [6, 6.07) is 9.18. The van der Waals surface area contributed by atoms with Crippen LogP contribution >= 0.6 is 11.6 Å². The van der Waals surface area contributed by atoms with E-state index >= 15 is 0 Å². The zero-order valence-electron chi connectivity index (χ0n) is 14.4. The van der Waals surface area contributed by atoms with Gasteiger partial charge in [0.25, 0.3) is 0 Å². The number of carbonyl (C=O) groups is 2. The normalized spacial score (nSPS) is 12.2. The van der Waals surface area contributed by atoms with Gasteiger partial charge in [0.05, 0.1) is 23.7 Å². The minimum atomic E-state index is -4.68. The molecular formula is C18H16ClF3N2O3. The van der Waals surface area contributed by atoms with Gasteiger partial charge in [0.1, 0.15) is 5.75 Å². The molecule has 0 heterocycles. The Morgan fingerprint density at radius 3 is 2.26 bits per heavy atom. The van der Waals surface area contributed by atoms with Crippen molar-refractivity contribution < 1.29 is 27.5 Å². The molecule has 0 saturated heterocycles. The van der Waals surface area contributed by atoms with Gasteiger partial charge in [-0.2, -0.15) is 13.2 Å². The number of hydrogen-bond acceptors (Lipinski definition) is 3. The molecule has 27 heavy (non-hydrogen) atoms. The van der Waals surface area contributed by atoms with Gasteiger partial charge in [0, 0.05) is 5.69 Å². The van der Waals surface area contributed by atoms with Gasteiger partial charge in [-0.1, -0.05) is 23.7 Å². The first-order valence-electron chi connectivity index (χ1n) is 7.74. The number of ether oxygens (including phenoxy) is 1. The summed E-state index contributed by atoms with van der Waals surface area (Å²) in [5, 5.41) is 4.09. The van der Waals surface area contributed by atoms with Crippen molar-refractivity contribution in [2.75, 3.05) is 12.4 Å². The van der Waals surface area contributed by atoms with E-state index in [1.807, 2.05) is 0 Å². The summed E-state index contributed by atoms with van der Waals surface area (Å²) in [5.74, 6) is -1.44. The lowest BCUT2D eigenvalue weighted by atomic mass is 10.1. The van der Waals surface area contributed by atoms with Crippen LogP contribution in [0, 0.1) is 0 Å². The first-order chi connectivity index (χ1) is 12.6. The highest BCUT2D eigenvalue weighted by molar-refractivity contribution is 6.39. The van der Waals surface area contributed by atoms with Crippen molar-refractivity contribution in [1.29, 1.82) is 0 Å². The summed E-state index contributed by atoms with van der Waals surface area (Å²) in [6.07, 6.45) is -4.68. The first kappa shape index (κ1) is 20.6. The smallest absolute Gasteiger partial charge is 0.417 e. The molecule has 1 atom stereocenters. The minimum absolute atomic E-state index is 0.191. The molecule has 2 N–H and O–H groups in total. The molecule has 1 unspecified atom stereocenters. The van der Waals surface area contributed by atoms with Gasteiger partial charge in [-0.15, -0.1) is 0 Å². The molecule has 0 spiro atoms. The van der Waals surface area contributed by atoms with E-state index in [0.717, 1.165) is 11.6 Å². The molecule has 5 nitrogen and oxygen atoms in total. The standard InChI is InChI=1S/C18H16ClF3N2O3/c1-10(11-3-6-13(27-2)7-4-11)23-16(25)17(26)24-12-5-8-15(19)14(9-12)18(20,21)22/h3-10H,1-2H3,(H,23,25)(H,24,26). The van der Waals surface area contributed by atoms with Crippen molar-refractivity contribution >= 4 is 29.1 Å². The fraction of sp³-hybridized carbons (Fsp3) is 0.222. The Kier molecular flexibility index (Phi) is 6.32. The van der Waals surface area contributed by atoms with Gasteiger partial charge in [-0.05, 0) is 42.8 Å². The Bertz CT molecular complexity index is 839. The van der Waals surface area contributed by atoms with E-state index in [0.29, 0.717) is 11.8 Å². The third-order valence-corrected chi connectivity index (χ3v) is 4.03. The van der Waals surface area contributed by atoms with E-state index in [2.05, 4.69) is 10.6 Å². The summed E-state index contributed by atoms with van der Waals surface area (Å²) in [4.78, 5) is 24.0. The van der Waals surface area contributed by atoms with Crippen molar-refractivity contribution in [3.8, 4) is 5.75 Å². The average Bonchev–Trinajstić information content (AvgIpc) is 2.62. The molecule has 9 heteroatoms. The van der Waals surface area contributed by atoms with Crippen molar-refractivity contribution in [1.82, 2.24) is 5.32 Å². The third-order valence-electron chi connectivity index (χ3n) is 3.70. The predicted octanol–water partition coefficient (Wildman–Crippen LogP) is 4.18. The van der Waals surface area contributed by atoms with Crippen LogP contribution < -0.4 is 15.4 Å². The van der Waals surface area contributed by atoms with Crippen molar-refractivity contribution in [3.63, 3.8) is 0 Å². The maximum atomic E-state index is 12.9. The summed E-state index contributed by atoms with van der Waals surface area (Å²) in [7, 11) is 1.52. The summed E-state index contributed by atoms with van der Waals surface area (Å²) < 4.78 is 43.6. The molecule has 2 aromatic carbocycles. The topological polar surface area (TPSA) is 67.4 Å². The lowest BCUT2D eigenvalue weighted by molar-refractivity contribution is -0.137. The van der Waals surface area contributed by atoms with Crippen molar-refractivity contribution in [2.45, 2.75) is 19.1 Å². The van der Waals surface area contributed by atoms with E-state index < -0.39 is 34.6 Å². The number of rotatable bonds is 4. The Morgan fingerprint density at radius 2 is 1.70 bits per heavy atom. The first-order valence-corrected chi connectivity index (χ1v) is 8.12. The number of nitrogens with one attached hydrogen (secondary N) is 2. The maximum Gasteiger partial charge on any atom is 0.417 e. The highest BCUT2D eigenvalue weighted by atomic mass is 35.5. The fourth-order valence-corrected chi connectivity index (χ4v) is 2.47. The predicted molar refractivity (Wildman–Crippen MR) is 94.6 cm³/mol. The summed E-state index contributed by atoms with van der Waals surface area (Å²) in [5.41, 5.74) is -0.569. The van der Waals surface area contributed by atoms with Crippen LogP contribution in [0.1, 0.15) is 24.1 Å². The van der Waals surface area contributed by atoms with Crippen molar-refractivity contribution in [3.05, 3.63) is 58.6 Å². The Balaban J connectivity index is 2.04. The fourth-order valence-electron chi connectivity index (χ4n) is 2.25. The second-order valence-electron chi connectivity index (χ2n) is 5.61. The average molecular weight is 401 g/mol. The molecule has 2 amide bonds. The number of carbonyl (C=O) groups excluding carboxylic acids is 2. The van der Waals surface area contributed by atoms with Gasteiger partial charge >= 0.3 is 18.0 Å². The van der Waals surface area contributed by atoms with Gasteiger partial charge in [-0.3, -0.25) is 9.59 Å². The summed E-state index contributed by atoms with van der Waals surface area (Å²) in [6.45, 7) is 1.66. The highest BCUT2D eigenvalue weighted by Crippen LogP contribution is 2.36. The van der Waals surface area contributed by atoms with Crippen LogP contribution in [0.25, 0.3) is 0 Å². The number of benzene rings is 2. The second kappa shape index (κ2) is 8.30. The number of anilines is 1. The lowest BCUT2D eigenvalue weighted by Gasteiger charge is -2.15. The third kappa shape index (κ3) is 5.37. The Morgan fingerprint density at radius 1 is 1.07 bits per heavy atom. The van der Waals surface area contributed by atoms with E-state index in [-0.39, 0.29) is 5.69 Å². The van der Waals surface area contributed by atoms with Gasteiger partial charge in [0.2, 0.25) is 0 Å². The lowest BCUT2D eigenvalue weighted by Crippen LogP contribution is -2.36.